The van der Waals surface area contributed by atoms with Crippen LogP contribution in [0, 0.1) is 5.41 Å². The van der Waals surface area contributed by atoms with Crippen molar-refractivity contribution in [2.75, 3.05) is 5.73 Å². The first-order chi connectivity index (χ1) is 15.5. The van der Waals surface area contributed by atoms with E-state index in [9.17, 15) is 4.79 Å². The molecule has 3 rings (SSSR count). The highest BCUT2D eigenvalue weighted by Crippen LogP contribution is 2.18. The SMILES string of the molecule is CC(=N)/C(=C\C=C\c1ccccc1)CC(=O)NCc1ccc(-c2cnc(N)[nH]2)cc1.NS. The summed E-state index contributed by atoms with van der Waals surface area (Å²) >= 11 is 3.03. The Balaban J connectivity index is 0.00000176. The topological polar surface area (TPSA) is 134 Å². The van der Waals surface area contributed by atoms with Gasteiger partial charge in [0.05, 0.1) is 18.3 Å². The molecule has 3 aromatic rings. The maximum Gasteiger partial charge on any atom is 0.224 e. The number of hydrogen-bond donors (Lipinski definition) is 6. The van der Waals surface area contributed by atoms with E-state index in [-0.39, 0.29) is 12.3 Å². The predicted octanol–water partition coefficient (Wildman–Crippen LogP) is 4.13. The van der Waals surface area contributed by atoms with Gasteiger partial charge in [0, 0.05) is 12.3 Å². The van der Waals surface area contributed by atoms with Gasteiger partial charge in [-0.25, -0.2) is 4.98 Å². The van der Waals surface area contributed by atoms with Crippen LogP contribution in [-0.4, -0.2) is 21.6 Å². The van der Waals surface area contributed by atoms with E-state index in [1.54, 1.807) is 13.1 Å². The van der Waals surface area contributed by atoms with Gasteiger partial charge in [-0.1, -0.05) is 72.8 Å². The van der Waals surface area contributed by atoms with E-state index in [2.05, 4.69) is 33.2 Å². The minimum atomic E-state index is -0.119. The van der Waals surface area contributed by atoms with Gasteiger partial charge >= 0.3 is 0 Å². The molecule has 0 saturated carbocycles. The number of nitrogens with one attached hydrogen (secondary N) is 3. The summed E-state index contributed by atoms with van der Waals surface area (Å²) in [5.74, 6) is 0.261. The van der Waals surface area contributed by atoms with Crippen LogP contribution in [0.25, 0.3) is 17.3 Å². The van der Waals surface area contributed by atoms with Crippen LogP contribution in [0.15, 0.2) is 78.5 Å². The Hall–Kier alpha value is -3.62. The van der Waals surface area contributed by atoms with Crippen molar-refractivity contribution in [2.24, 2.45) is 5.14 Å². The number of carbonyl (C=O) groups excluding carboxylic acids is 1. The Morgan fingerprint density at radius 3 is 2.44 bits per heavy atom. The monoisotopic (exact) mass is 448 g/mol. The second kappa shape index (κ2) is 12.9. The van der Waals surface area contributed by atoms with Gasteiger partial charge in [-0.2, -0.15) is 0 Å². The van der Waals surface area contributed by atoms with Crippen LogP contribution in [-0.2, 0) is 11.3 Å². The third-order valence-electron chi connectivity index (χ3n) is 4.57. The lowest BCUT2D eigenvalue weighted by Gasteiger charge is -2.08. The summed E-state index contributed by atoms with van der Waals surface area (Å²) < 4.78 is 0. The zero-order valence-corrected chi connectivity index (χ0v) is 18.8. The summed E-state index contributed by atoms with van der Waals surface area (Å²) in [7, 11) is 0. The fourth-order valence-electron chi connectivity index (χ4n) is 2.88. The molecule has 2 aromatic carbocycles. The number of nitrogens with two attached hydrogens (primary N) is 2. The fraction of sp³-hybridized carbons (Fsp3) is 0.125. The molecule has 0 spiro atoms. The minimum absolute atomic E-state index is 0.119. The molecule has 1 heterocycles. The number of hydrogen-bond acceptors (Lipinski definition) is 6. The number of rotatable bonds is 8. The van der Waals surface area contributed by atoms with Crippen molar-refractivity contribution in [1.29, 1.82) is 5.41 Å². The fourth-order valence-corrected chi connectivity index (χ4v) is 2.88. The summed E-state index contributed by atoms with van der Waals surface area (Å²) in [5.41, 5.74) is 10.6. The van der Waals surface area contributed by atoms with E-state index in [1.807, 2.05) is 72.8 Å². The first-order valence-electron chi connectivity index (χ1n) is 9.91. The molecule has 0 unspecified atom stereocenters. The van der Waals surface area contributed by atoms with Crippen LogP contribution in [0.2, 0.25) is 0 Å². The number of allylic oxidation sites excluding steroid dienone is 2. The van der Waals surface area contributed by atoms with Crippen molar-refractivity contribution in [1.82, 2.24) is 15.3 Å². The van der Waals surface area contributed by atoms with E-state index in [1.165, 1.54) is 0 Å². The first kappa shape index (κ1) is 24.6. The Morgan fingerprint density at radius 2 is 1.84 bits per heavy atom. The number of imidazole rings is 1. The molecule has 166 valence electrons. The predicted molar refractivity (Wildman–Crippen MR) is 135 cm³/mol. The lowest BCUT2D eigenvalue weighted by atomic mass is 10.1. The van der Waals surface area contributed by atoms with Crippen LogP contribution >= 0.6 is 12.8 Å². The van der Waals surface area contributed by atoms with Gasteiger partial charge in [0.15, 0.2) is 5.95 Å². The largest absolute Gasteiger partial charge is 0.369 e. The highest BCUT2D eigenvalue weighted by molar-refractivity contribution is 7.77. The van der Waals surface area contributed by atoms with E-state index in [4.69, 9.17) is 11.1 Å². The van der Waals surface area contributed by atoms with Crippen LogP contribution in [0.5, 0.6) is 0 Å². The molecule has 1 aromatic heterocycles. The number of benzene rings is 2. The number of aromatic nitrogens is 2. The lowest BCUT2D eigenvalue weighted by Crippen LogP contribution is -2.23. The molecule has 0 aliphatic heterocycles. The standard InChI is InChI=1S/C24H25N5O.H3NS/c1-17(25)21(9-5-8-18-6-3-2-4-7-18)14-23(30)27-15-19-10-12-20(13-11-19)22-16-28-24(26)29-22;1-2/h2-13,16,25H,14-15H2,1H3,(H,27,30)(H3,26,28,29);2H,1H2/b8-5+,21-9-,25-17?;. The molecule has 7 nitrogen and oxygen atoms in total. The Labute approximate surface area is 193 Å². The number of H-pyrrole nitrogens is 1. The number of aromatic amines is 1. The smallest absolute Gasteiger partial charge is 0.224 e. The number of carbonyl (C=O) groups is 1. The van der Waals surface area contributed by atoms with Gasteiger partial charge in [-0.15, -0.1) is 12.8 Å². The second-order valence-corrected chi connectivity index (χ2v) is 6.92. The number of thiol groups is 1. The molecule has 1 amide bonds. The van der Waals surface area contributed by atoms with Gasteiger partial charge in [0.2, 0.25) is 5.91 Å². The minimum Gasteiger partial charge on any atom is -0.369 e. The van der Waals surface area contributed by atoms with Gasteiger partial charge in [0.1, 0.15) is 0 Å². The molecule has 0 bridgehead atoms. The molecule has 8 heteroatoms. The second-order valence-electron chi connectivity index (χ2n) is 6.92. The van der Waals surface area contributed by atoms with E-state index < -0.39 is 0 Å². The Bertz CT molecular complexity index is 1070. The van der Waals surface area contributed by atoms with Gasteiger partial charge < -0.3 is 21.4 Å². The van der Waals surface area contributed by atoms with Crippen molar-refractivity contribution >= 4 is 36.5 Å². The molecule has 32 heavy (non-hydrogen) atoms. The molecule has 0 radical (unpaired) electrons. The Morgan fingerprint density at radius 1 is 1.16 bits per heavy atom. The van der Waals surface area contributed by atoms with Gasteiger partial charge in [-0.3, -0.25) is 9.93 Å². The van der Waals surface area contributed by atoms with E-state index in [0.29, 0.717) is 23.8 Å². The molecule has 0 aliphatic rings. The first-order valence-corrected chi connectivity index (χ1v) is 10.4. The highest BCUT2D eigenvalue weighted by Gasteiger charge is 2.08. The summed E-state index contributed by atoms with van der Waals surface area (Å²) in [6.07, 6.45) is 7.50. The average molecular weight is 449 g/mol. The molecular formula is C24H28N6OS. The van der Waals surface area contributed by atoms with Gasteiger partial charge in [-0.05, 0) is 29.2 Å². The third-order valence-corrected chi connectivity index (χ3v) is 4.57. The molecular weight excluding hydrogens is 420 g/mol. The van der Waals surface area contributed by atoms with Crippen LogP contribution in [0.3, 0.4) is 0 Å². The molecule has 0 fully saturated rings. The van der Waals surface area contributed by atoms with Crippen molar-refractivity contribution in [3.05, 3.63) is 89.6 Å². The zero-order chi connectivity index (χ0) is 23.3. The van der Waals surface area contributed by atoms with E-state index in [0.717, 1.165) is 22.4 Å². The highest BCUT2D eigenvalue weighted by atomic mass is 32.1. The number of anilines is 1. The van der Waals surface area contributed by atoms with Gasteiger partial charge in [0.25, 0.3) is 0 Å². The van der Waals surface area contributed by atoms with Crippen molar-refractivity contribution in [3.63, 3.8) is 0 Å². The number of nitrogen functional groups attached to an aromatic ring is 1. The summed E-state index contributed by atoms with van der Waals surface area (Å²) in [5, 5.41) is 15.0. The molecule has 0 aliphatic carbocycles. The summed E-state index contributed by atoms with van der Waals surface area (Å²) in [4.78, 5) is 19.3. The molecule has 7 N–H and O–H groups in total. The molecule has 0 atom stereocenters. The Kier molecular flexibility index (Phi) is 9.96. The van der Waals surface area contributed by atoms with Crippen LogP contribution in [0.1, 0.15) is 24.5 Å². The maximum absolute atomic E-state index is 12.4. The van der Waals surface area contributed by atoms with Crippen molar-refractivity contribution in [3.8, 4) is 11.3 Å². The molecule has 0 saturated heterocycles. The lowest BCUT2D eigenvalue weighted by molar-refractivity contribution is -0.120. The van der Waals surface area contributed by atoms with Crippen molar-refractivity contribution in [2.45, 2.75) is 19.9 Å². The third kappa shape index (κ3) is 7.90. The average Bonchev–Trinajstić information content (AvgIpc) is 3.25. The normalized spacial score (nSPS) is 11.0. The number of nitrogens with zero attached hydrogens (tertiary/aromatic N) is 1. The van der Waals surface area contributed by atoms with Crippen LogP contribution < -0.4 is 16.2 Å². The van der Waals surface area contributed by atoms with Crippen LogP contribution in [0.4, 0.5) is 5.95 Å². The maximum atomic E-state index is 12.4. The number of amides is 1. The summed E-state index contributed by atoms with van der Waals surface area (Å²) in [6, 6.07) is 17.7. The van der Waals surface area contributed by atoms with E-state index >= 15 is 0 Å². The quantitative estimate of drug-likeness (QED) is 0.175. The summed E-state index contributed by atoms with van der Waals surface area (Å²) in [6.45, 7) is 2.12. The van der Waals surface area contributed by atoms with Crippen molar-refractivity contribution < 1.29 is 4.79 Å². The zero-order valence-electron chi connectivity index (χ0n) is 17.9.